The van der Waals surface area contributed by atoms with Crippen LogP contribution < -0.4 is 0 Å². The summed E-state index contributed by atoms with van der Waals surface area (Å²) < 4.78 is 0.399. The third kappa shape index (κ3) is 7.24. The molecular weight excluding hydrogens is 388 g/mol. The normalized spacial score (nSPS) is 16.4. The molecule has 0 radical (unpaired) electrons. The van der Waals surface area contributed by atoms with Gasteiger partial charge in [0.2, 0.25) is 0 Å². The molecule has 1 unspecified atom stereocenters. The van der Waals surface area contributed by atoms with Crippen LogP contribution in [0.2, 0.25) is 0 Å². The maximum absolute atomic E-state index is 12.7. The highest BCUT2D eigenvalue weighted by molar-refractivity contribution is 8.17. The van der Waals surface area contributed by atoms with E-state index in [1.54, 1.807) is 11.8 Å². The summed E-state index contributed by atoms with van der Waals surface area (Å²) in [6.07, 6.45) is 6.96. The smallest absolute Gasteiger partial charge is 0.192 e. The monoisotopic (exact) mass is 416 g/mol. The molecule has 2 aromatic carbocycles. The fourth-order valence-electron chi connectivity index (χ4n) is 3.37. The number of hydrogen-bond donors (Lipinski definition) is 0. The van der Waals surface area contributed by atoms with Crippen molar-refractivity contribution in [3.8, 4) is 0 Å². The summed E-state index contributed by atoms with van der Waals surface area (Å²) in [6.45, 7) is 2.22. The van der Waals surface area contributed by atoms with Crippen molar-refractivity contribution in [3.05, 3.63) is 60.7 Å². The highest BCUT2D eigenvalue weighted by Crippen LogP contribution is 2.40. The maximum atomic E-state index is 12.7. The summed E-state index contributed by atoms with van der Waals surface area (Å²) in [5.74, 6) is 0.299. The van der Waals surface area contributed by atoms with Crippen LogP contribution in [0.4, 0.5) is 0 Å². The molecule has 1 fully saturated rings. The van der Waals surface area contributed by atoms with E-state index >= 15 is 0 Å². The molecule has 0 aromatic heterocycles. The molecular formula is C23H28OS3. The molecule has 1 aliphatic carbocycles. The van der Waals surface area contributed by atoms with Crippen LogP contribution in [-0.4, -0.2) is 14.9 Å². The standard InChI is InChI=1S/C23H28OS3/c1-18(25-23(24)19-11-5-2-6-12-19)17-22(26-20-13-7-3-8-14-20)27-21-15-9-4-10-16-21/h3-4,7-10,13-16,18-19,22H,2,5-6,11-12,17H2,1H3. The van der Waals surface area contributed by atoms with Gasteiger partial charge in [0.15, 0.2) is 5.12 Å². The van der Waals surface area contributed by atoms with E-state index in [0.29, 0.717) is 20.9 Å². The van der Waals surface area contributed by atoms with Crippen LogP contribution in [0.1, 0.15) is 45.4 Å². The van der Waals surface area contributed by atoms with E-state index in [1.807, 2.05) is 23.5 Å². The molecule has 27 heavy (non-hydrogen) atoms. The van der Waals surface area contributed by atoms with Crippen molar-refractivity contribution < 1.29 is 4.79 Å². The molecule has 3 rings (SSSR count). The summed E-state index contributed by atoms with van der Waals surface area (Å²) in [5.41, 5.74) is 0. The van der Waals surface area contributed by atoms with E-state index in [1.165, 1.54) is 29.1 Å². The van der Waals surface area contributed by atoms with E-state index in [9.17, 15) is 4.79 Å². The lowest BCUT2D eigenvalue weighted by molar-refractivity contribution is -0.115. The summed E-state index contributed by atoms with van der Waals surface area (Å²) in [5, 5.41) is 0.771. The van der Waals surface area contributed by atoms with Gasteiger partial charge in [-0.05, 0) is 43.5 Å². The van der Waals surface area contributed by atoms with Crippen LogP contribution in [0.3, 0.4) is 0 Å². The molecule has 2 aromatic rings. The number of benzene rings is 2. The van der Waals surface area contributed by atoms with Crippen molar-refractivity contribution in [2.45, 2.75) is 65.1 Å². The van der Waals surface area contributed by atoms with Crippen molar-refractivity contribution in [1.29, 1.82) is 0 Å². The maximum Gasteiger partial charge on any atom is 0.192 e. The highest BCUT2D eigenvalue weighted by atomic mass is 32.2. The second-order valence-corrected chi connectivity index (χ2v) is 11.4. The zero-order valence-corrected chi connectivity index (χ0v) is 18.3. The molecule has 0 heterocycles. The van der Waals surface area contributed by atoms with Crippen LogP contribution in [0, 0.1) is 5.92 Å². The molecule has 1 atom stereocenters. The van der Waals surface area contributed by atoms with Gasteiger partial charge in [-0.2, -0.15) is 0 Å². The average Bonchev–Trinajstić information content (AvgIpc) is 2.70. The van der Waals surface area contributed by atoms with E-state index in [-0.39, 0.29) is 0 Å². The van der Waals surface area contributed by atoms with Crippen molar-refractivity contribution in [1.82, 2.24) is 0 Å². The molecule has 1 saturated carbocycles. The minimum Gasteiger partial charge on any atom is -0.287 e. The summed E-state index contributed by atoms with van der Waals surface area (Å²) in [7, 11) is 0. The molecule has 0 N–H and O–H groups in total. The first-order chi connectivity index (χ1) is 13.2. The molecule has 0 spiro atoms. The lowest BCUT2D eigenvalue weighted by Crippen LogP contribution is -2.18. The van der Waals surface area contributed by atoms with E-state index < -0.39 is 0 Å². The Morgan fingerprint density at radius 2 is 1.41 bits per heavy atom. The third-order valence-electron chi connectivity index (χ3n) is 4.80. The van der Waals surface area contributed by atoms with E-state index in [4.69, 9.17) is 0 Å². The fraction of sp³-hybridized carbons (Fsp3) is 0.435. The Labute approximate surface area is 176 Å². The van der Waals surface area contributed by atoms with Crippen molar-refractivity contribution in [2.75, 3.05) is 0 Å². The molecule has 0 saturated heterocycles. The summed E-state index contributed by atoms with van der Waals surface area (Å²) in [6, 6.07) is 21.2. The zero-order chi connectivity index (χ0) is 18.9. The van der Waals surface area contributed by atoms with Gasteiger partial charge < -0.3 is 0 Å². The van der Waals surface area contributed by atoms with Crippen LogP contribution in [0.15, 0.2) is 70.5 Å². The first-order valence-electron chi connectivity index (χ1n) is 9.84. The van der Waals surface area contributed by atoms with Crippen LogP contribution in [0.5, 0.6) is 0 Å². The first kappa shape index (κ1) is 20.9. The topological polar surface area (TPSA) is 17.1 Å². The van der Waals surface area contributed by atoms with Gasteiger partial charge in [-0.1, -0.05) is 74.3 Å². The highest BCUT2D eigenvalue weighted by Gasteiger charge is 2.25. The van der Waals surface area contributed by atoms with Gasteiger partial charge in [-0.25, -0.2) is 0 Å². The van der Waals surface area contributed by atoms with Gasteiger partial charge in [0, 0.05) is 21.0 Å². The Morgan fingerprint density at radius 3 is 1.93 bits per heavy atom. The van der Waals surface area contributed by atoms with Gasteiger partial charge in [-0.3, -0.25) is 4.79 Å². The summed E-state index contributed by atoms with van der Waals surface area (Å²) in [4.78, 5) is 15.2. The lowest BCUT2D eigenvalue weighted by Gasteiger charge is -2.23. The van der Waals surface area contributed by atoms with E-state index in [0.717, 1.165) is 19.3 Å². The van der Waals surface area contributed by atoms with Crippen molar-refractivity contribution >= 4 is 40.4 Å². The average molecular weight is 417 g/mol. The van der Waals surface area contributed by atoms with Crippen LogP contribution >= 0.6 is 35.3 Å². The van der Waals surface area contributed by atoms with E-state index in [2.05, 4.69) is 67.6 Å². The molecule has 144 valence electrons. The second kappa shape index (κ2) is 11.2. The van der Waals surface area contributed by atoms with Gasteiger partial charge in [-0.15, -0.1) is 23.5 Å². The molecule has 0 bridgehead atoms. The molecule has 0 aliphatic heterocycles. The van der Waals surface area contributed by atoms with Gasteiger partial charge in [0.1, 0.15) is 0 Å². The van der Waals surface area contributed by atoms with Crippen molar-refractivity contribution in [2.24, 2.45) is 5.92 Å². The quantitative estimate of drug-likeness (QED) is 0.327. The largest absolute Gasteiger partial charge is 0.287 e. The Kier molecular flexibility index (Phi) is 8.69. The van der Waals surface area contributed by atoms with Gasteiger partial charge >= 0.3 is 0 Å². The molecule has 0 amide bonds. The first-order valence-corrected chi connectivity index (χ1v) is 12.5. The Hall–Kier alpha value is -0.840. The Morgan fingerprint density at radius 1 is 0.889 bits per heavy atom. The number of rotatable bonds is 8. The number of carbonyl (C=O) groups excluding carboxylic acids is 1. The predicted octanol–water partition coefficient (Wildman–Crippen LogP) is 7.52. The molecule has 4 heteroatoms. The predicted molar refractivity (Wildman–Crippen MR) is 122 cm³/mol. The second-order valence-electron chi connectivity index (χ2n) is 7.11. The minimum absolute atomic E-state index is 0.299. The Bertz CT molecular complexity index is 642. The lowest BCUT2D eigenvalue weighted by atomic mass is 9.90. The number of thioether (sulfide) groups is 3. The van der Waals surface area contributed by atoms with Crippen LogP contribution in [-0.2, 0) is 4.79 Å². The number of hydrogen-bond acceptors (Lipinski definition) is 4. The third-order valence-corrected chi connectivity index (χ3v) is 8.54. The van der Waals surface area contributed by atoms with Gasteiger partial charge in [0.05, 0.1) is 4.58 Å². The molecule has 1 aliphatic rings. The molecule has 1 nitrogen and oxygen atoms in total. The minimum atomic E-state index is 0.299. The Balaban J connectivity index is 1.60. The zero-order valence-electron chi connectivity index (χ0n) is 15.9. The van der Waals surface area contributed by atoms with Gasteiger partial charge in [0.25, 0.3) is 0 Å². The van der Waals surface area contributed by atoms with Crippen molar-refractivity contribution in [3.63, 3.8) is 0 Å². The fourth-order valence-corrected chi connectivity index (χ4v) is 7.60. The number of carbonyl (C=O) groups is 1. The van der Waals surface area contributed by atoms with Crippen LogP contribution in [0.25, 0.3) is 0 Å². The SMILES string of the molecule is CC(CC(Sc1ccccc1)Sc1ccccc1)SC(=O)C1CCCCC1. The summed E-state index contributed by atoms with van der Waals surface area (Å²) >= 11 is 5.42.